The highest BCUT2D eigenvalue weighted by Gasteiger charge is 2.14. The summed E-state index contributed by atoms with van der Waals surface area (Å²) >= 11 is 3.52. The van der Waals surface area contributed by atoms with Crippen LogP contribution in [0.1, 0.15) is 25.0 Å². The van der Waals surface area contributed by atoms with E-state index >= 15 is 0 Å². The number of rotatable bonds is 7. The van der Waals surface area contributed by atoms with Gasteiger partial charge in [0.05, 0.1) is 19.6 Å². The Hall–Kier alpha value is -2.01. The molecule has 0 saturated heterocycles. The molecule has 0 aliphatic heterocycles. The number of hydrogen-bond acceptors (Lipinski definition) is 3. The molecule has 5 heteroatoms. The van der Waals surface area contributed by atoms with Crippen molar-refractivity contribution in [3.05, 3.63) is 52.0 Å². The Bertz CT molecular complexity index is 716. The summed E-state index contributed by atoms with van der Waals surface area (Å²) in [5, 5.41) is 2.95. The van der Waals surface area contributed by atoms with Gasteiger partial charge >= 0.3 is 0 Å². The summed E-state index contributed by atoms with van der Waals surface area (Å²) in [5.41, 5.74) is 2.72. The first-order chi connectivity index (χ1) is 11.5. The van der Waals surface area contributed by atoms with Crippen molar-refractivity contribution in [3.63, 3.8) is 0 Å². The molecule has 2 rings (SSSR count). The average Bonchev–Trinajstić information content (AvgIpc) is 2.54. The molecule has 0 atom stereocenters. The van der Waals surface area contributed by atoms with E-state index in [1.165, 1.54) is 0 Å². The fourth-order valence-corrected chi connectivity index (χ4v) is 2.79. The van der Waals surface area contributed by atoms with Gasteiger partial charge in [-0.25, -0.2) is 0 Å². The molecule has 0 saturated carbocycles. The zero-order valence-corrected chi connectivity index (χ0v) is 15.8. The molecule has 0 spiro atoms. The third-order valence-corrected chi connectivity index (χ3v) is 4.22. The second kappa shape index (κ2) is 8.73. The summed E-state index contributed by atoms with van der Waals surface area (Å²) in [7, 11) is 0. The van der Waals surface area contributed by atoms with E-state index in [9.17, 15) is 4.79 Å². The predicted octanol–water partition coefficient (Wildman–Crippen LogP) is 4.74. The molecule has 1 amide bonds. The lowest BCUT2D eigenvalue weighted by Gasteiger charge is -2.14. The van der Waals surface area contributed by atoms with E-state index in [2.05, 4.69) is 21.2 Å². The first-order valence-corrected chi connectivity index (χ1v) is 8.78. The fourth-order valence-electron chi connectivity index (χ4n) is 2.33. The van der Waals surface area contributed by atoms with Gasteiger partial charge in [-0.15, -0.1) is 0 Å². The molecule has 0 radical (unpaired) electrons. The number of amides is 1. The molecule has 0 unspecified atom stereocenters. The van der Waals surface area contributed by atoms with Crippen LogP contribution in [0, 0.1) is 6.92 Å². The average molecular weight is 392 g/mol. The molecule has 24 heavy (non-hydrogen) atoms. The zero-order chi connectivity index (χ0) is 17.5. The lowest BCUT2D eigenvalue weighted by molar-refractivity contribution is -0.115. The van der Waals surface area contributed by atoms with Crippen LogP contribution in [0.15, 0.2) is 40.9 Å². The molecule has 0 aromatic heterocycles. The first kappa shape index (κ1) is 18.3. The van der Waals surface area contributed by atoms with Crippen LogP contribution < -0.4 is 14.8 Å². The van der Waals surface area contributed by atoms with E-state index in [0.29, 0.717) is 24.7 Å². The fraction of sp³-hybridized carbons (Fsp3) is 0.316. The van der Waals surface area contributed by atoms with Crippen molar-refractivity contribution in [3.8, 4) is 11.5 Å². The van der Waals surface area contributed by atoms with Gasteiger partial charge < -0.3 is 14.8 Å². The Morgan fingerprint density at radius 2 is 1.71 bits per heavy atom. The third-order valence-electron chi connectivity index (χ3n) is 3.48. The summed E-state index contributed by atoms with van der Waals surface area (Å²) in [6.45, 7) is 6.90. The highest BCUT2D eigenvalue weighted by atomic mass is 79.9. The van der Waals surface area contributed by atoms with Crippen molar-refractivity contribution >= 4 is 27.5 Å². The molecule has 4 nitrogen and oxygen atoms in total. The molecule has 2 aromatic rings. The van der Waals surface area contributed by atoms with Gasteiger partial charge in [-0.3, -0.25) is 4.79 Å². The van der Waals surface area contributed by atoms with Crippen LogP contribution in [0.5, 0.6) is 11.5 Å². The minimum absolute atomic E-state index is 0.0726. The number of carbonyl (C=O) groups excluding carboxylic acids is 1. The van der Waals surface area contributed by atoms with Crippen molar-refractivity contribution < 1.29 is 14.3 Å². The van der Waals surface area contributed by atoms with E-state index in [1.54, 1.807) is 0 Å². The maximum absolute atomic E-state index is 12.4. The smallest absolute Gasteiger partial charge is 0.228 e. The molecule has 0 bridgehead atoms. The monoisotopic (exact) mass is 391 g/mol. The number of anilines is 1. The number of aryl methyl sites for hydroxylation is 1. The van der Waals surface area contributed by atoms with E-state index in [0.717, 1.165) is 21.3 Å². The number of halogens is 1. The van der Waals surface area contributed by atoms with Crippen LogP contribution in [0.4, 0.5) is 5.69 Å². The lowest BCUT2D eigenvalue weighted by atomic mass is 10.1. The Balaban J connectivity index is 2.17. The van der Waals surface area contributed by atoms with Crippen LogP contribution >= 0.6 is 15.9 Å². The van der Waals surface area contributed by atoms with Gasteiger partial charge in [0.1, 0.15) is 0 Å². The quantitative estimate of drug-likeness (QED) is 0.741. The van der Waals surface area contributed by atoms with Gasteiger partial charge in [0.15, 0.2) is 11.5 Å². The van der Waals surface area contributed by atoms with Crippen molar-refractivity contribution in [1.29, 1.82) is 0 Å². The number of nitrogens with one attached hydrogen (secondary N) is 1. The summed E-state index contributed by atoms with van der Waals surface area (Å²) in [6.07, 6.45) is 0.251. The molecule has 128 valence electrons. The van der Waals surface area contributed by atoms with E-state index < -0.39 is 0 Å². The maximum Gasteiger partial charge on any atom is 0.228 e. The molecule has 2 aromatic carbocycles. The van der Waals surface area contributed by atoms with Crippen LogP contribution in [0.3, 0.4) is 0 Å². The summed E-state index contributed by atoms with van der Waals surface area (Å²) in [6, 6.07) is 11.4. The van der Waals surface area contributed by atoms with Gasteiger partial charge in [0.25, 0.3) is 0 Å². The zero-order valence-electron chi connectivity index (χ0n) is 14.2. The van der Waals surface area contributed by atoms with Crippen molar-refractivity contribution in [1.82, 2.24) is 0 Å². The van der Waals surface area contributed by atoms with Gasteiger partial charge in [-0.1, -0.05) is 34.1 Å². The Morgan fingerprint density at radius 3 is 2.33 bits per heavy atom. The van der Waals surface area contributed by atoms with Crippen LogP contribution in [-0.2, 0) is 11.2 Å². The second-order valence-electron chi connectivity index (χ2n) is 5.30. The molecule has 0 aliphatic rings. The molecule has 0 heterocycles. The number of ether oxygens (including phenoxy) is 2. The first-order valence-electron chi connectivity index (χ1n) is 7.98. The molecule has 0 fully saturated rings. The molecular formula is C19H22BrNO3. The summed E-state index contributed by atoms with van der Waals surface area (Å²) < 4.78 is 12.0. The van der Waals surface area contributed by atoms with Gasteiger partial charge in [0.2, 0.25) is 5.91 Å². The second-order valence-corrected chi connectivity index (χ2v) is 6.15. The highest BCUT2D eigenvalue weighted by molar-refractivity contribution is 9.10. The van der Waals surface area contributed by atoms with Crippen LogP contribution in [0.25, 0.3) is 0 Å². The normalized spacial score (nSPS) is 10.3. The van der Waals surface area contributed by atoms with E-state index in [1.807, 2.05) is 57.2 Å². The lowest BCUT2D eigenvalue weighted by Crippen LogP contribution is -2.15. The number of hydrogen-bond donors (Lipinski definition) is 1. The minimum Gasteiger partial charge on any atom is -0.490 e. The van der Waals surface area contributed by atoms with Crippen LogP contribution in [-0.4, -0.2) is 19.1 Å². The highest BCUT2D eigenvalue weighted by Crippen LogP contribution is 2.34. The van der Waals surface area contributed by atoms with Crippen molar-refractivity contribution in [2.24, 2.45) is 0 Å². The maximum atomic E-state index is 12.4. The van der Waals surface area contributed by atoms with Crippen molar-refractivity contribution in [2.75, 3.05) is 18.5 Å². The van der Waals surface area contributed by atoms with Crippen molar-refractivity contribution in [2.45, 2.75) is 27.2 Å². The minimum atomic E-state index is -0.0726. The Labute approximate surface area is 151 Å². The Morgan fingerprint density at radius 1 is 1.08 bits per heavy atom. The Kier molecular flexibility index (Phi) is 6.67. The summed E-state index contributed by atoms with van der Waals surface area (Å²) in [4.78, 5) is 12.4. The molecule has 0 aliphatic carbocycles. The largest absolute Gasteiger partial charge is 0.490 e. The summed E-state index contributed by atoms with van der Waals surface area (Å²) in [5.74, 6) is 1.26. The topological polar surface area (TPSA) is 47.6 Å². The third kappa shape index (κ3) is 4.74. The predicted molar refractivity (Wildman–Crippen MR) is 100.0 cm³/mol. The SMILES string of the molecule is CCOc1cc(Br)c(CC(=O)Nc2ccccc2C)cc1OCC. The number of benzene rings is 2. The van der Waals surface area contributed by atoms with Crippen LogP contribution in [0.2, 0.25) is 0 Å². The number of carbonyl (C=O) groups is 1. The van der Waals surface area contributed by atoms with Gasteiger partial charge in [-0.05, 0) is 50.1 Å². The standard InChI is InChI=1S/C19H22BrNO3/c1-4-23-17-10-14(15(20)12-18(17)24-5-2)11-19(22)21-16-9-7-6-8-13(16)3/h6-10,12H,4-5,11H2,1-3H3,(H,21,22). The van der Waals surface area contributed by atoms with Gasteiger partial charge in [0, 0.05) is 10.2 Å². The molecule has 1 N–H and O–H groups in total. The number of para-hydroxylation sites is 1. The van der Waals surface area contributed by atoms with E-state index in [4.69, 9.17) is 9.47 Å². The van der Waals surface area contributed by atoms with E-state index in [-0.39, 0.29) is 12.3 Å². The van der Waals surface area contributed by atoms with Gasteiger partial charge in [-0.2, -0.15) is 0 Å². The molecular weight excluding hydrogens is 370 g/mol.